The van der Waals surface area contributed by atoms with E-state index in [1.165, 1.54) is 11.8 Å². The third-order valence-corrected chi connectivity index (χ3v) is 5.90. The number of terminal acetylenes is 1. The summed E-state index contributed by atoms with van der Waals surface area (Å²) < 4.78 is 5.35. The molecule has 0 fully saturated rings. The maximum Gasteiger partial charge on any atom is 0.408 e. The first-order chi connectivity index (χ1) is 17.6. The van der Waals surface area contributed by atoms with Gasteiger partial charge < -0.3 is 15.4 Å². The second-order valence-electron chi connectivity index (χ2n) is 9.30. The number of ether oxygens (including phenoxy) is 1. The predicted octanol–water partition coefficient (Wildman–Crippen LogP) is 4.75. The minimum atomic E-state index is -1.13. The second-order valence-corrected chi connectivity index (χ2v) is 10.3. The number of nitrogens with one attached hydrogen (secondary N) is 2. The molecule has 2 aromatic rings. The van der Waals surface area contributed by atoms with E-state index in [2.05, 4.69) is 23.3 Å². The Labute approximate surface area is 224 Å². The van der Waals surface area contributed by atoms with E-state index in [1.54, 1.807) is 45.0 Å². The van der Waals surface area contributed by atoms with Gasteiger partial charge in [-0.2, -0.15) is 11.8 Å². The van der Waals surface area contributed by atoms with Crippen LogP contribution in [-0.4, -0.2) is 46.5 Å². The molecule has 2 N–H and O–H groups in total. The molecule has 0 radical (unpaired) electrons. The molecule has 37 heavy (non-hydrogen) atoms. The maximum atomic E-state index is 13.7. The number of hydrogen-bond donors (Lipinski definition) is 2. The Kier molecular flexibility index (Phi) is 11.3. The van der Waals surface area contributed by atoms with Crippen molar-refractivity contribution < 1.29 is 19.1 Å². The summed E-state index contributed by atoms with van der Waals surface area (Å²) >= 11 is 1.52. The number of rotatable bonds is 11. The van der Waals surface area contributed by atoms with Crippen molar-refractivity contribution in [3.05, 3.63) is 77.9 Å². The van der Waals surface area contributed by atoms with Crippen LogP contribution in [0, 0.1) is 12.5 Å². The Balaban J connectivity index is 2.40. The van der Waals surface area contributed by atoms with E-state index in [0.29, 0.717) is 17.7 Å². The van der Waals surface area contributed by atoms with Gasteiger partial charge in [0.25, 0.3) is 5.91 Å². The summed E-state index contributed by atoms with van der Waals surface area (Å²) in [4.78, 5) is 40.8. The van der Waals surface area contributed by atoms with Crippen molar-refractivity contribution in [2.75, 3.05) is 12.0 Å². The lowest BCUT2D eigenvalue weighted by Gasteiger charge is -2.30. The lowest BCUT2D eigenvalue weighted by Crippen LogP contribution is -2.51. The molecule has 196 valence electrons. The summed E-state index contributed by atoms with van der Waals surface area (Å²) in [7, 11) is 0. The molecule has 2 rings (SSSR count). The molecule has 0 bridgehead atoms. The first-order valence-electron chi connectivity index (χ1n) is 11.9. The Morgan fingerprint density at radius 3 is 2.46 bits per heavy atom. The van der Waals surface area contributed by atoms with Crippen molar-refractivity contribution >= 4 is 35.7 Å². The number of thioether (sulfide) groups is 1. The van der Waals surface area contributed by atoms with Gasteiger partial charge in [-0.1, -0.05) is 67.6 Å². The molecule has 8 heteroatoms. The number of amides is 3. The van der Waals surface area contributed by atoms with Crippen LogP contribution in [0.5, 0.6) is 0 Å². The van der Waals surface area contributed by atoms with Gasteiger partial charge >= 0.3 is 6.09 Å². The molecule has 2 atom stereocenters. The Hall–Kier alpha value is -3.70. The lowest BCUT2D eigenvalue weighted by atomic mass is 10.0. The number of hydrogen-bond acceptors (Lipinski definition) is 5. The fourth-order valence-electron chi connectivity index (χ4n) is 3.53. The Morgan fingerprint density at radius 1 is 1.16 bits per heavy atom. The fraction of sp³-hybridized carbons (Fsp3) is 0.345. The van der Waals surface area contributed by atoms with E-state index < -0.39 is 35.6 Å². The molecule has 2 aromatic carbocycles. The monoisotopic (exact) mass is 521 g/mol. The van der Waals surface area contributed by atoms with Crippen LogP contribution < -0.4 is 10.6 Å². The molecule has 3 amide bonds. The first kappa shape index (κ1) is 29.5. The topological polar surface area (TPSA) is 87.7 Å². The number of carbonyl (C=O) groups excluding carboxylic acids is 3. The van der Waals surface area contributed by atoms with Gasteiger partial charge in [0.1, 0.15) is 17.7 Å². The van der Waals surface area contributed by atoms with Gasteiger partial charge in [-0.15, -0.1) is 0 Å². The van der Waals surface area contributed by atoms with Gasteiger partial charge in [0.05, 0.1) is 0 Å². The zero-order chi connectivity index (χ0) is 27.4. The van der Waals surface area contributed by atoms with Crippen LogP contribution in [0.25, 0.3) is 6.08 Å². The third kappa shape index (κ3) is 9.36. The zero-order valence-corrected chi connectivity index (χ0v) is 22.6. The fourth-order valence-corrected chi connectivity index (χ4v) is 4.00. The van der Waals surface area contributed by atoms with E-state index in [9.17, 15) is 14.4 Å². The highest BCUT2D eigenvalue weighted by atomic mass is 32.2. The van der Waals surface area contributed by atoms with Crippen LogP contribution in [0.3, 0.4) is 0 Å². The zero-order valence-electron chi connectivity index (χ0n) is 21.8. The summed E-state index contributed by atoms with van der Waals surface area (Å²) in [6.45, 7) is 9.26. The van der Waals surface area contributed by atoms with Crippen molar-refractivity contribution in [2.24, 2.45) is 0 Å². The van der Waals surface area contributed by atoms with Gasteiger partial charge in [0.2, 0.25) is 5.91 Å². The maximum absolute atomic E-state index is 13.7. The van der Waals surface area contributed by atoms with Crippen molar-refractivity contribution in [3.8, 4) is 12.5 Å². The third-order valence-electron chi connectivity index (χ3n) is 5.25. The highest BCUT2D eigenvalue weighted by Gasteiger charge is 2.35. The largest absolute Gasteiger partial charge is 0.444 e. The summed E-state index contributed by atoms with van der Waals surface area (Å²) in [5.41, 5.74) is 1.45. The number of nitrogens with zero attached hydrogens (tertiary/aromatic N) is 1. The van der Waals surface area contributed by atoms with Crippen molar-refractivity contribution in [2.45, 2.75) is 51.4 Å². The predicted molar refractivity (Wildman–Crippen MR) is 149 cm³/mol. The smallest absolute Gasteiger partial charge is 0.408 e. The van der Waals surface area contributed by atoms with E-state index in [4.69, 9.17) is 11.2 Å². The number of benzene rings is 2. The van der Waals surface area contributed by atoms with Crippen molar-refractivity contribution in [3.63, 3.8) is 0 Å². The molecule has 0 saturated heterocycles. The molecule has 7 nitrogen and oxygen atoms in total. The summed E-state index contributed by atoms with van der Waals surface area (Å²) in [5, 5.41) is 5.53. The van der Waals surface area contributed by atoms with Crippen molar-refractivity contribution in [1.29, 1.82) is 0 Å². The van der Waals surface area contributed by atoms with Crippen LogP contribution >= 0.6 is 11.8 Å². The van der Waals surface area contributed by atoms with Crippen molar-refractivity contribution in [1.82, 2.24) is 15.5 Å². The average molecular weight is 522 g/mol. The average Bonchev–Trinajstić information content (AvgIpc) is 2.87. The summed E-state index contributed by atoms with van der Waals surface area (Å²) in [6.07, 6.45) is 8.95. The quantitative estimate of drug-likeness (QED) is 0.329. The summed E-state index contributed by atoms with van der Waals surface area (Å²) in [5.74, 6) is -0.440. The van der Waals surface area contributed by atoms with E-state index in [1.807, 2.05) is 42.7 Å². The van der Waals surface area contributed by atoms with Gasteiger partial charge in [0.15, 0.2) is 0 Å². The van der Waals surface area contributed by atoms with Gasteiger partial charge in [-0.3, -0.25) is 14.5 Å². The van der Waals surface area contributed by atoms with Gasteiger partial charge in [-0.25, -0.2) is 4.79 Å². The number of alkyl carbamates (subject to hydrolysis) is 1. The first-order valence-corrected chi connectivity index (χ1v) is 13.3. The Bertz CT molecular complexity index is 1120. The van der Waals surface area contributed by atoms with E-state index in [0.717, 1.165) is 16.0 Å². The van der Waals surface area contributed by atoms with E-state index in [-0.39, 0.29) is 6.54 Å². The summed E-state index contributed by atoms with van der Waals surface area (Å²) in [6, 6.07) is 16.8. The molecule has 0 heterocycles. The van der Waals surface area contributed by atoms with Crippen LogP contribution in [0.15, 0.2) is 61.2 Å². The molecular formula is C29H35N3O4S. The molecule has 0 aromatic heterocycles. The standard InChI is InChI=1S/C29H35N3O4S/c1-7-21-15-12-16-23(19-21)25(26(33)30-20-22-13-10-9-11-14-22)32(8-2)27(34)24(17-18-37-6)31-28(35)36-29(3,4)5/h2,7,9-16,19,24-25H,1,17-18,20H2,3-6H3,(H,30,33)(H,31,35). The lowest BCUT2D eigenvalue weighted by molar-refractivity contribution is -0.138. The molecule has 0 aliphatic carbocycles. The highest BCUT2D eigenvalue weighted by molar-refractivity contribution is 7.98. The number of carbonyl (C=O) groups is 3. The molecule has 0 saturated carbocycles. The molecule has 2 unspecified atom stereocenters. The van der Waals surface area contributed by atoms with Gasteiger partial charge in [0, 0.05) is 12.6 Å². The molecular weight excluding hydrogens is 486 g/mol. The van der Waals surface area contributed by atoms with Crippen LogP contribution in [-0.2, 0) is 20.9 Å². The second kappa shape index (κ2) is 14.1. The normalized spacial score (nSPS) is 12.4. The van der Waals surface area contributed by atoms with Crippen LogP contribution in [0.1, 0.15) is 49.9 Å². The van der Waals surface area contributed by atoms with Crippen LogP contribution in [0.2, 0.25) is 0 Å². The van der Waals surface area contributed by atoms with E-state index >= 15 is 0 Å². The Morgan fingerprint density at radius 2 is 1.86 bits per heavy atom. The minimum absolute atomic E-state index is 0.260. The van der Waals surface area contributed by atoms with Gasteiger partial charge in [-0.05, 0) is 62.0 Å². The minimum Gasteiger partial charge on any atom is -0.444 e. The SMILES string of the molecule is C#CN(C(=O)C(CCSC)NC(=O)OC(C)(C)C)C(C(=O)NCc1ccccc1)c1cccc(C=C)c1. The molecule has 0 spiro atoms. The highest BCUT2D eigenvalue weighted by Crippen LogP contribution is 2.24. The molecule has 0 aliphatic heterocycles. The molecule has 0 aliphatic rings. The van der Waals surface area contributed by atoms with Crippen LogP contribution in [0.4, 0.5) is 4.79 Å².